The van der Waals surface area contributed by atoms with Crippen LogP contribution >= 0.6 is 27.5 Å². The number of carbonyl (C=O) groups excluding carboxylic acids is 2. The van der Waals surface area contributed by atoms with E-state index in [1.165, 1.54) is 11.0 Å². The first-order valence-corrected chi connectivity index (χ1v) is 7.79. The molecule has 0 spiro atoms. The lowest BCUT2D eigenvalue weighted by atomic mass is 10.2. The van der Waals surface area contributed by atoms with Crippen LogP contribution in [0.4, 0.5) is 10.1 Å². The predicted octanol–water partition coefficient (Wildman–Crippen LogP) is 3.58. The standard InChI is InChI=1S/C14H15BrClFN2O2/c1-3-7(2)19-12(20)6-11(14(19)21)18-13-9(15)4-8(17)5-10(13)16/h4-5,7,11,18H,3,6H2,1-2H3. The van der Waals surface area contributed by atoms with Gasteiger partial charge in [0.1, 0.15) is 11.9 Å². The summed E-state index contributed by atoms with van der Waals surface area (Å²) < 4.78 is 13.6. The summed E-state index contributed by atoms with van der Waals surface area (Å²) in [7, 11) is 0. The maximum Gasteiger partial charge on any atom is 0.252 e. The normalized spacial score (nSPS) is 20.0. The van der Waals surface area contributed by atoms with Gasteiger partial charge in [0.2, 0.25) is 5.91 Å². The average molecular weight is 378 g/mol. The van der Waals surface area contributed by atoms with E-state index in [2.05, 4.69) is 21.2 Å². The van der Waals surface area contributed by atoms with Crippen LogP contribution in [-0.4, -0.2) is 28.8 Å². The largest absolute Gasteiger partial charge is 0.371 e. The third kappa shape index (κ3) is 3.21. The Bertz CT molecular complexity index is 573. The molecule has 7 heteroatoms. The Morgan fingerprint density at radius 3 is 2.76 bits per heavy atom. The Hall–Kier alpha value is -1.14. The van der Waals surface area contributed by atoms with E-state index in [1.54, 1.807) is 0 Å². The maximum absolute atomic E-state index is 13.2. The van der Waals surface area contributed by atoms with Gasteiger partial charge in [0, 0.05) is 10.5 Å². The van der Waals surface area contributed by atoms with Crippen molar-refractivity contribution in [2.45, 2.75) is 38.8 Å². The summed E-state index contributed by atoms with van der Waals surface area (Å²) in [5, 5.41) is 3.09. The highest BCUT2D eigenvalue weighted by Crippen LogP contribution is 2.33. The molecule has 21 heavy (non-hydrogen) atoms. The summed E-state index contributed by atoms with van der Waals surface area (Å²) in [6.45, 7) is 3.75. The van der Waals surface area contributed by atoms with E-state index in [1.807, 2.05) is 13.8 Å². The summed E-state index contributed by atoms with van der Waals surface area (Å²) in [6, 6.07) is 1.60. The van der Waals surface area contributed by atoms with Crippen molar-refractivity contribution in [1.82, 2.24) is 4.90 Å². The summed E-state index contributed by atoms with van der Waals surface area (Å²) in [4.78, 5) is 25.6. The molecule has 0 aromatic heterocycles. The molecule has 0 aliphatic carbocycles. The fourth-order valence-corrected chi connectivity index (χ4v) is 3.19. The SMILES string of the molecule is CCC(C)N1C(=O)CC(Nc2c(Cl)cc(F)cc2Br)C1=O. The second-order valence-electron chi connectivity index (χ2n) is 5.00. The zero-order chi connectivity index (χ0) is 15.7. The van der Waals surface area contributed by atoms with Crippen molar-refractivity contribution < 1.29 is 14.0 Å². The lowest BCUT2D eigenvalue weighted by Gasteiger charge is -2.22. The molecule has 1 N–H and O–H groups in total. The van der Waals surface area contributed by atoms with E-state index in [0.717, 1.165) is 6.07 Å². The van der Waals surface area contributed by atoms with Crippen molar-refractivity contribution in [1.29, 1.82) is 0 Å². The first-order valence-electron chi connectivity index (χ1n) is 6.62. The maximum atomic E-state index is 13.2. The topological polar surface area (TPSA) is 49.4 Å². The molecule has 1 heterocycles. The second-order valence-corrected chi connectivity index (χ2v) is 6.27. The van der Waals surface area contributed by atoms with Crippen molar-refractivity contribution in [2.75, 3.05) is 5.32 Å². The molecule has 0 radical (unpaired) electrons. The van der Waals surface area contributed by atoms with Crippen LogP contribution in [0.5, 0.6) is 0 Å². The molecule has 2 amide bonds. The number of carbonyl (C=O) groups is 2. The third-order valence-corrected chi connectivity index (χ3v) is 4.46. The van der Waals surface area contributed by atoms with Gasteiger partial charge in [-0.15, -0.1) is 0 Å². The number of rotatable bonds is 4. The average Bonchev–Trinajstić information content (AvgIpc) is 2.68. The number of hydrogen-bond acceptors (Lipinski definition) is 3. The Kier molecular flexibility index (Phi) is 4.88. The Morgan fingerprint density at radius 2 is 2.19 bits per heavy atom. The number of anilines is 1. The van der Waals surface area contributed by atoms with Crippen LogP contribution in [0.3, 0.4) is 0 Å². The molecule has 1 saturated heterocycles. The predicted molar refractivity (Wildman–Crippen MR) is 82.7 cm³/mol. The first kappa shape index (κ1) is 16.2. The number of nitrogens with zero attached hydrogens (tertiary/aromatic N) is 1. The molecule has 1 aromatic rings. The molecule has 1 aliphatic heterocycles. The molecule has 2 atom stereocenters. The molecule has 1 aromatic carbocycles. The third-order valence-electron chi connectivity index (χ3n) is 3.54. The zero-order valence-corrected chi connectivity index (χ0v) is 14.0. The van der Waals surface area contributed by atoms with Crippen LogP contribution in [0.15, 0.2) is 16.6 Å². The van der Waals surface area contributed by atoms with E-state index in [4.69, 9.17) is 11.6 Å². The summed E-state index contributed by atoms with van der Waals surface area (Å²) in [5.74, 6) is -0.963. The molecule has 2 unspecified atom stereocenters. The van der Waals surface area contributed by atoms with E-state index >= 15 is 0 Å². The first-order chi connectivity index (χ1) is 9.85. The molecular formula is C14H15BrClFN2O2. The van der Waals surface area contributed by atoms with Crippen LogP contribution in [0, 0.1) is 5.82 Å². The highest BCUT2D eigenvalue weighted by Gasteiger charge is 2.40. The van der Waals surface area contributed by atoms with E-state index in [9.17, 15) is 14.0 Å². The lowest BCUT2D eigenvalue weighted by Crippen LogP contribution is -2.40. The smallest absolute Gasteiger partial charge is 0.252 e. The minimum absolute atomic E-state index is 0.0727. The van der Waals surface area contributed by atoms with E-state index in [0.29, 0.717) is 16.6 Å². The number of likely N-dealkylation sites (tertiary alicyclic amines) is 1. The summed E-state index contributed by atoms with van der Waals surface area (Å²) >= 11 is 9.18. The Morgan fingerprint density at radius 1 is 1.52 bits per heavy atom. The van der Waals surface area contributed by atoms with Gasteiger partial charge in [-0.3, -0.25) is 14.5 Å². The van der Waals surface area contributed by atoms with Gasteiger partial charge in [0.25, 0.3) is 5.91 Å². The molecule has 0 bridgehead atoms. The quantitative estimate of drug-likeness (QED) is 0.816. The van der Waals surface area contributed by atoms with Crippen LogP contribution in [-0.2, 0) is 9.59 Å². The van der Waals surface area contributed by atoms with Gasteiger partial charge in [0.15, 0.2) is 0 Å². The summed E-state index contributed by atoms with van der Waals surface area (Å²) in [6.07, 6.45) is 0.772. The fourth-order valence-electron chi connectivity index (χ4n) is 2.26. The second kappa shape index (κ2) is 6.32. The minimum Gasteiger partial charge on any atom is -0.371 e. The molecule has 0 saturated carbocycles. The number of amides is 2. The van der Waals surface area contributed by atoms with E-state index < -0.39 is 11.9 Å². The van der Waals surface area contributed by atoms with Crippen molar-refractivity contribution in [3.05, 3.63) is 27.4 Å². The molecular weight excluding hydrogens is 363 g/mol. The molecule has 2 rings (SSSR count). The zero-order valence-electron chi connectivity index (χ0n) is 11.6. The molecule has 4 nitrogen and oxygen atoms in total. The van der Waals surface area contributed by atoms with Crippen LogP contribution < -0.4 is 5.32 Å². The van der Waals surface area contributed by atoms with Crippen molar-refractivity contribution in [3.8, 4) is 0 Å². The van der Waals surface area contributed by atoms with Gasteiger partial charge >= 0.3 is 0 Å². The van der Waals surface area contributed by atoms with Gasteiger partial charge in [-0.05, 0) is 41.4 Å². The number of nitrogens with one attached hydrogen (secondary N) is 1. The van der Waals surface area contributed by atoms with Crippen molar-refractivity contribution >= 4 is 45.0 Å². The van der Waals surface area contributed by atoms with Crippen molar-refractivity contribution in [2.24, 2.45) is 0 Å². The number of benzene rings is 1. The van der Waals surface area contributed by atoms with Gasteiger partial charge in [0.05, 0.1) is 17.1 Å². The fraction of sp³-hybridized carbons (Fsp3) is 0.429. The molecule has 114 valence electrons. The highest BCUT2D eigenvalue weighted by molar-refractivity contribution is 9.10. The van der Waals surface area contributed by atoms with E-state index in [-0.39, 0.29) is 29.3 Å². The van der Waals surface area contributed by atoms with Gasteiger partial charge in [-0.25, -0.2) is 4.39 Å². The minimum atomic E-state index is -0.675. The Labute approximate surface area is 135 Å². The highest BCUT2D eigenvalue weighted by atomic mass is 79.9. The number of hydrogen-bond donors (Lipinski definition) is 1. The molecule has 1 fully saturated rings. The summed E-state index contributed by atoms with van der Waals surface area (Å²) in [5.41, 5.74) is 0.412. The lowest BCUT2D eigenvalue weighted by molar-refractivity contribution is -0.140. The van der Waals surface area contributed by atoms with Crippen LogP contribution in [0.1, 0.15) is 26.7 Å². The van der Waals surface area contributed by atoms with Crippen LogP contribution in [0.2, 0.25) is 5.02 Å². The monoisotopic (exact) mass is 376 g/mol. The Balaban J connectivity index is 2.22. The number of imide groups is 1. The van der Waals surface area contributed by atoms with Gasteiger partial charge in [-0.2, -0.15) is 0 Å². The van der Waals surface area contributed by atoms with Crippen molar-refractivity contribution in [3.63, 3.8) is 0 Å². The van der Waals surface area contributed by atoms with Gasteiger partial charge in [-0.1, -0.05) is 18.5 Å². The van der Waals surface area contributed by atoms with Gasteiger partial charge < -0.3 is 5.32 Å². The number of halogens is 3. The van der Waals surface area contributed by atoms with Crippen LogP contribution in [0.25, 0.3) is 0 Å². The molecule has 1 aliphatic rings.